The minimum absolute atomic E-state index is 0.386. The largest absolute Gasteiger partial charge is 0.367 e. The van der Waals surface area contributed by atoms with Crippen LogP contribution in [0.5, 0.6) is 0 Å². The Kier molecular flexibility index (Phi) is 5.27. The summed E-state index contributed by atoms with van der Waals surface area (Å²) in [5.41, 5.74) is 1.37. The van der Waals surface area contributed by atoms with Crippen molar-refractivity contribution in [2.45, 2.75) is 75.9 Å². The number of hydrogen-bond acceptors (Lipinski definition) is 3. The minimum atomic E-state index is -0.423. The van der Waals surface area contributed by atoms with E-state index in [-0.39, 0.29) is 5.60 Å². The topological polar surface area (TPSA) is 50.8 Å². The maximum absolute atomic E-state index is 10.2. The van der Waals surface area contributed by atoms with Crippen LogP contribution in [0.3, 0.4) is 0 Å². The SMILES string of the molecule is Cc1nc(C2(OCC3CC3)CCC(C#N)(c3ccccc3)CC2)n(CC2CC2)c1Br. The summed E-state index contributed by atoms with van der Waals surface area (Å²) in [5.74, 6) is 2.55. The fraction of sp³-hybridized carbons (Fsp3) is 0.600. The zero-order valence-electron chi connectivity index (χ0n) is 17.7. The van der Waals surface area contributed by atoms with Gasteiger partial charge in [-0.1, -0.05) is 30.3 Å². The summed E-state index contributed by atoms with van der Waals surface area (Å²) in [5, 5.41) is 10.2. The van der Waals surface area contributed by atoms with Gasteiger partial charge in [0.05, 0.1) is 23.8 Å². The van der Waals surface area contributed by atoms with Crippen molar-refractivity contribution in [3.8, 4) is 6.07 Å². The predicted octanol–water partition coefficient (Wildman–Crippen LogP) is 6.02. The highest BCUT2D eigenvalue weighted by molar-refractivity contribution is 9.10. The molecule has 1 aromatic carbocycles. The highest BCUT2D eigenvalue weighted by Crippen LogP contribution is 2.50. The summed E-state index contributed by atoms with van der Waals surface area (Å²) in [6, 6.07) is 13.0. The standard InChI is InChI=1S/C25H30BrN3O/c1-18-22(26)29(15-19-7-8-19)23(28-18)25(30-16-20-9-10-20)13-11-24(17-27,12-14-25)21-5-3-2-4-6-21/h2-6,19-20H,7-16H2,1H3. The molecular weight excluding hydrogens is 438 g/mol. The average Bonchev–Trinajstić information content (AvgIpc) is 3.70. The van der Waals surface area contributed by atoms with Crippen LogP contribution in [0.15, 0.2) is 34.9 Å². The quantitative estimate of drug-likeness (QED) is 0.499. The molecule has 0 bridgehead atoms. The third-order valence-corrected chi connectivity index (χ3v) is 8.36. The summed E-state index contributed by atoms with van der Waals surface area (Å²) in [7, 11) is 0. The monoisotopic (exact) mass is 467 g/mol. The number of hydrogen-bond donors (Lipinski definition) is 0. The van der Waals surface area contributed by atoms with Crippen molar-refractivity contribution < 1.29 is 4.74 Å². The summed E-state index contributed by atoms with van der Waals surface area (Å²) in [6.07, 6.45) is 8.49. The van der Waals surface area contributed by atoms with Gasteiger partial charge in [-0.05, 0) is 91.6 Å². The van der Waals surface area contributed by atoms with Gasteiger partial charge >= 0.3 is 0 Å². The Morgan fingerprint density at radius 2 is 1.77 bits per heavy atom. The molecule has 0 atom stereocenters. The van der Waals surface area contributed by atoms with Crippen molar-refractivity contribution >= 4 is 15.9 Å². The van der Waals surface area contributed by atoms with Gasteiger partial charge in [0, 0.05) is 6.54 Å². The van der Waals surface area contributed by atoms with E-state index in [2.05, 4.69) is 45.6 Å². The van der Waals surface area contributed by atoms with Crippen LogP contribution in [0.1, 0.15) is 68.4 Å². The van der Waals surface area contributed by atoms with Crippen molar-refractivity contribution in [3.05, 3.63) is 52.0 Å². The number of ether oxygens (including phenoxy) is 1. The molecule has 0 aliphatic heterocycles. The van der Waals surface area contributed by atoms with E-state index in [9.17, 15) is 5.26 Å². The number of nitriles is 1. The molecule has 0 radical (unpaired) electrons. The number of halogens is 1. The molecule has 158 valence electrons. The molecule has 3 fully saturated rings. The van der Waals surface area contributed by atoms with Crippen LogP contribution in [0, 0.1) is 30.1 Å². The van der Waals surface area contributed by atoms with Gasteiger partial charge in [-0.15, -0.1) is 0 Å². The number of nitrogens with zero attached hydrogens (tertiary/aromatic N) is 3. The van der Waals surface area contributed by atoms with Crippen LogP contribution in [-0.4, -0.2) is 16.2 Å². The number of aryl methyl sites for hydroxylation is 1. The molecule has 3 aliphatic carbocycles. The molecule has 2 aromatic rings. The fourth-order valence-corrected chi connectivity index (χ4v) is 5.33. The Bertz CT molecular complexity index is 945. The van der Waals surface area contributed by atoms with Crippen molar-refractivity contribution in [3.63, 3.8) is 0 Å². The summed E-state index contributed by atoms with van der Waals surface area (Å²) >= 11 is 3.81. The van der Waals surface area contributed by atoms with E-state index in [1.165, 1.54) is 25.7 Å². The Morgan fingerprint density at radius 1 is 1.10 bits per heavy atom. The minimum Gasteiger partial charge on any atom is -0.367 e. The number of imidazole rings is 1. The predicted molar refractivity (Wildman–Crippen MR) is 120 cm³/mol. The Labute approximate surface area is 187 Å². The van der Waals surface area contributed by atoms with Crippen molar-refractivity contribution in [1.29, 1.82) is 5.26 Å². The van der Waals surface area contributed by atoms with Crippen LogP contribution >= 0.6 is 15.9 Å². The molecule has 4 nitrogen and oxygen atoms in total. The second kappa shape index (κ2) is 7.80. The molecule has 0 N–H and O–H groups in total. The van der Waals surface area contributed by atoms with Crippen LogP contribution < -0.4 is 0 Å². The third-order valence-electron chi connectivity index (χ3n) is 7.35. The van der Waals surface area contributed by atoms with E-state index in [0.29, 0.717) is 5.92 Å². The van der Waals surface area contributed by atoms with Crippen LogP contribution in [-0.2, 0) is 22.3 Å². The van der Waals surface area contributed by atoms with E-state index in [4.69, 9.17) is 9.72 Å². The molecule has 5 heteroatoms. The van der Waals surface area contributed by atoms with Gasteiger partial charge in [0.25, 0.3) is 0 Å². The van der Waals surface area contributed by atoms with Gasteiger partial charge in [-0.25, -0.2) is 4.98 Å². The van der Waals surface area contributed by atoms with Gasteiger partial charge < -0.3 is 9.30 Å². The van der Waals surface area contributed by atoms with E-state index < -0.39 is 5.41 Å². The smallest absolute Gasteiger partial charge is 0.142 e. The molecule has 3 saturated carbocycles. The average molecular weight is 468 g/mol. The molecule has 1 aromatic heterocycles. The maximum atomic E-state index is 10.2. The molecule has 30 heavy (non-hydrogen) atoms. The molecule has 1 heterocycles. The van der Waals surface area contributed by atoms with Crippen LogP contribution in [0.25, 0.3) is 0 Å². The Hall–Kier alpha value is -1.64. The first kappa shape index (κ1) is 20.3. The fourth-order valence-electron chi connectivity index (χ4n) is 4.92. The van der Waals surface area contributed by atoms with Gasteiger partial charge in [0.2, 0.25) is 0 Å². The zero-order valence-corrected chi connectivity index (χ0v) is 19.3. The number of aromatic nitrogens is 2. The summed E-state index contributed by atoms with van der Waals surface area (Å²) < 4.78 is 10.2. The van der Waals surface area contributed by atoms with E-state index in [0.717, 1.165) is 66.4 Å². The molecule has 3 aliphatic rings. The molecule has 0 spiro atoms. The summed E-state index contributed by atoms with van der Waals surface area (Å²) in [6.45, 7) is 3.92. The number of rotatable bonds is 7. The lowest BCUT2D eigenvalue weighted by atomic mass is 9.65. The Balaban J connectivity index is 1.48. The second-order valence-electron chi connectivity index (χ2n) is 9.67. The normalized spacial score (nSPS) is 29.0. The van der Waals surface area contributed by atoms with Gasteiger partial charge in [0.15, 0.2) is 0 Å². The zero-order chi connectivity index (χ0) is 20.8. The highest BCUT2D eigenvalue weighted by Gasteiger charge is 2.49. The van der Waals surface area contributed by atoms with Crippen molar-refractivity contribution in [2.24, 2.45) is 11.8 Å². The lowest BCUT2D eigenvalue weighted by Crippen LogP contribution is -2.43. The van der Waals surface area contributed by atoms with Crippen molar-refractivity contribution in [1.82, 2.24) is 9.55 Å². The van der Waals surface area contributed by atoms with Crippen LogP contribution in [0.2, 0.25) is 0 Å². The lowest BCUT2D eigenvalue weighted by molar-refractivity contribution is -0.0960. The molecule has 0 saturated heterocycles. The first-order chi connectivity index (χ1) is 14.6. The van der Waals surface area contributed by atoms with E-state index >= 15 is 0 Å². The molecular formula is C25H30BrN3O. The molecule has 0 unspecified atom stereocenters. The second-order valence-corrected chi connectivity index (χ2v) is 10.4. The van der Waals surface area contributed by atoms with Gasteiger partial charge in [0.1, 0.15) is 16.0 Å². The van der Waals surface area contributed by atoms with Gasteiger partial charge in [-0.2, -0.15) is 5.26 Å². The first-order valence-corrected chi connectivity index (χ1v) is 12.2. The third kappa shape index (κ3) is 3.74. The maximum Gasteiger partial charge on any atom is 0.142 e. The van der Waals surface area contributed by atoms with Crippen LogP contribution in [0.4, 0.5) is 0 Å². The number of benzene rings is 1. The van der Waals surface area contributed by atoms with E-state index in [1.807, 2.05) is 18.2 Å². The summed E-state index contributed by atoms with van der Waals surface area (Å²) in [4.78, 5) is 5.04. The Morgan fingerprint density at radius 3 is 2.37 bits per heavy atom. The molecule has 5 rings (SSSR count). The highest BCUT2D eigenvalue weighted by atomic mass is 79.9. The lowest BCUT2D eigenvalue weighted by Gasteiger charge is -2.43. The molecule has 0 amide bonds. The van der Waals surface area contributed by atoms with Gasteiger partial charge in [-0.3, -0.25) is 0 Å². The van der Waals surface area contributed by atoms with Crippen molar-refractivity contribution in [2.75, 3.05) is 6.61 Å². The van der Waals surface area contributed by atoms with E-state index in [1.54, 1.807) is 0 Å². The first-order valence-electron chi connectivity index (χ1n) is 11.4.